The smallest absolute Gasteiger partial charge is 0.248 e. The van der Waals surface area contributed by atoms with Crippen LogP contribution in [-0.2, 0) is 4.79 Å². The minimum absolute atomic E-state index is 0.209. The fourth-order valence-electron chi connectivity index (χ4n) is 1.98. The lowest BCUT2D eigenvalue weighted by molar-refractivity contribution is -0.111. The van der Waals surface area contributed by atoms with E-state index in [4.69, 9.17) is 0 Å². The molecule has 0 fully saturated rings. The fraction of sp³-hybridized carbons (Fsp3) is 0.118. The van der Waals surface area contributed by atoms with E-state index in [1.54, 1.807) is 18.2 Å². The molecule has 1 N–H and O–H groups in total. The van der Waals surface area contributed by atoms with Crippen LogP contribution in [0.25, 0.3) is 6.08 Å². The number of carbonyl (C=O) groups excluding carboxylic acids is 1. The Labute approximate surface area is 118 Å². The van der Waals surface area contributed by atoms with Gasteiger partial charge in [0.05, 0.1) is 0 Å². The van der Waals surface area contributed by atoms with Crippen molar-refractivity contribution in [2.24, 2.45) is 0 Å². The zero-order valence-corrected chi connectivity index (χ0v) is 11.5. The van der Waals surface area contributed by atoms with Crippen LogP contribution < -0.4 is 5.32 Å². The Morgan fingerprint density at radius 3 is 2.25 bits per heavy atom. The van der Waals surface area contributed by atoms with Gasteiger partial charge in [0.25, 0.3) is 0 Å². The summed E-state index contributed by atoms with van der Waals surface area (Å²) >= 11 is 0. The van der Waals surface area contributed by atoms with Crippen LogP contribution in [0, 0.1) is 19.7 Å². The van der Waals surface area contributed by atoms with Gasteiger partial charge in [0, 0.05) is 11.8 Å². The maximum absolute atomic E-state index is 12.7. The van der Waals surface area contributed by atoms with Crippen LogP contribution >= 0.6 is 0 Å². The second kappa shape index (κ2) is 6.15. The van der Waals surface area contributed by atoms with Crippen molar-refractivity contribution in [2.75, 3.05) is 5.32 Å². The Hall–Kier alpha value is -2.42. The number of halogens is 1. The molecule has 20 heavy (non-hydrogen) atoms. The quantitative estimate of drug-likeness (QED) is 0.835. The van der Waals surface area contributed by atoms with Crippen LogP contribution in [0.2, 0.25) is 0 Å². The fourth-order valence-corrected chi connectivity index (χ4v) is 1.98. The number of rotatable bonds is 3. The molecule has 102 valence electrons. The molecule has 0 aliphatic rings. The third kappa shape index (κ3) is 4.05. The molecule has 2 aromatic carbocycles. The predicted octanol–water partition coefficient (Wildman–Crippen LogP) is 4.09. The van der Waals surface area contributed by atoms with Crippen molar-refractivity contribution < 1.29 is 9.18 Å². The lowest BCUT2D eigenvalue weighted by Crippen LogP contribution is -2.08. The Morgan fingerprint density at radius 2 is 1.65 bits per heavy atom. The van der Waals surface area contributed by atoms with Gasteiger partial charge in [-0.2, -0.15) is 0 Å². The molecule has 0 saturated carbocycles. The van der Waals surface area contributed by atoms with E-state index < -0.39 is 0 Å². The maximum Gasteiger partial charge on any atom is 0.248 e. The molecule has 0 aromatic heterocycles. The molecular weight excluding hydrogens is 253 g/mol. The first-order chi connectivity index (χ1) is 9.52. The summed E-state index contributed by atoms with van der Waals surface area (Å²) in [6, 6.07) is 11.8. The average Bonchev–Trinajstić information content (AvgIpc) is 2.37. The molecule has 0 unspecified atom stereocenters. The molecule has 0 saturated heterocycles. The van der Waals surface area contributed by atoms with Crippen LogP contribution in [0.4, 0.5) is 10.1 Å². The zero-order valence-electron chi connectivity index (χ0n) is 11.5. The molecule has 2 rings (SSSR count). The molecule has 0 bridgehead atoms. The summed E-state index contributed by atoms with van der Waals surface area (Å²) in [4.78, 5) is 11.8. The SMILES string of the molecule is Cc1cc(C)cc(NC(=O)/C=C/c2ccc(F)cc2)c1. The number of amides is 1. The average molecular weight is 269 g/mol. The molecule has 0 aliphatic carbocycles. The van der Waals surface area contributed by atoms with Crippen molar-refractivity contribution in [3.8, 4) is 0 Å². The second-order valence-corrected chi connectivity index (χ2v) is 4.75. The maximum atomic E-state index is 12.7. The summed E-state index contributed by atoms with van der Waals surface area (Å²) in [5.41, 5.74) is 3.75. The summed E-state index contributed by atoms with van der Waals surface area (Å²) in [7, 11) is 0. The highest BCUT2D eigenvalue weighted by atomic mass is 19.1. The number of aryl methyl sites for hydroxylation is 2. The van der Waals surface area contributed by atoms with Crippen LogP contribution in [0.3, 0.4) is 0 Å². The third-order valence-electron chi connectivity index (χ3n) is 2.79. The molecular formula is C17H16FNO. The summed E-state index contributed by atoms with van der Waals surface area (Å²) in [5.74, 6) is -0.499. The van der Waals surface area contributed by atoms with Gasteiger partial charge >= 0.3 is 0 Å². The van der Waals surface area contributed by atoms with E-state index in [0.29, 0.717) is 0 Å². The number of benzene rings is 2. The van der Waals surface area contributed by atoms with Gasteiger partial charge in [-0.25, -0.2) is 4.39 Å². The molecule has 1 amide bonds. The van der Waals surface area contributed by atoms with Gasteiger partial charge in [-0.3, -0.25) is 4.79 Å². The highest BCUT2D eigenvalue weighted by Crippen LogP contribution is 2.14. The van der Waals surface area contributed by atoms with Gasteiger partial charge in [0.2, 0.25) is 5.91 Å². The number of nitrogens with one attached hydrogen (secondary N) is 1. The number of anilines is 1. The first-order valence-electron chi connectivity index (χ1n) is 6.36. The van der Waals surface area contributed by atoms with Gasteiger partial charge in [0.1, 0.15) is 5.82 Å². The van der Waals surface area contributed by atoms with Crippen LogP contribution in [0.5, 0.6) is 0 Å². The standard InChI is InChI=1S/C17H16FNO/c1-12-9-13(2)11-16(10-12)19-17(20)8-5-14-3-6-15(18)7-4-14/h3-11H,1-2H3,(H,19,20)/b8-5+. The van der Waals surface area contributed by atoms with Gasteiger partial charge in [-0.1, -0.05) is 18.2 Å². The Bertz CT molecular complexity index is 624. The predicted molar refractivity (Wildman–Crippen MR) is 80.0 cm³/mol. The topological polar surface area (TPSA) is 29.1 Å². The van der Waals surface area contributed by atoms with Gasteiger partial charge < -0.3 is 5.32 Å². The molecule has 0 atom stereocenters. The van der Waals surface area contributed by atoms with Crippen molar-refractivity contribution >= 4 is 17.7 Å². The van der Waals surface area contributed by atoms with Crippen molar-refractivity contribution in [3.05, 3.63) is 71.0 Å². The first-order valence-corrected chi connectivity index (χ1v) is 6.36. The van der Waals surface area contributed by atoms with E-state index in [-0.39, 0.29) is 11.7 Å². The van der Waals surface area contributed by atoms with Crippen molar-refractivity contribution in [1.82, 2.24) is 0 Å². The van der Waals surface area contributed by atoms with Gasteiger partial charge in [-0.15, -0.1) is 0 Å². The van der Waals surface area contributed by atoms with Crippen molar-refractivity contribution in [2.45, 2.75) is 13.8 Å². The highest BCUT2D eigenvalue weighted by molar-refractivity contribution is 6.02. The minimum atomic E-state index is -0.290. The van der Waals surface area contributed by atoms with E-state index >= 15 is 0 Å². The summed E-state index contributed by atoms with van der Waals surface area (Å²) in [5, 5.41) is 2.81. The zero-order chi connectivity index (χ0) is 14.5. The van der Waals surface area contributed by atoms with Crippen molar-refractivity contribution in [1.29, 1.82) is 0 Å². The van der Waals surface area contributed by atoms with Crippen LogP contribution in [-0.4, -0.2) is 5.91 Å². The minimum Gasteiger partial charge on any atom is -0.322 e. The van der Waals surface area contributed by atoms with Crippen molar-refractivity contribution in [3.63, 3.8) is 0 Å². The van der Waals surface area contributed by atoms with E-state index in [2.05, 4.69) is 5.32 Å². The monoisotopic (exact) mass is 269 g/mol. The number of hydrogen-bond donors (Lipinski definition) is 1. The van der Waals surface area contributed by atoms with Crippen LogP contribution in [0.15, 0.2) is 48.5 Å². The Balaban J connectivity index is 2.03. The summed E-state index contributed by atoms with van der Waals surface area (Å²) in [6.45, 7) is 3.97. The molecule has 0 radical (unpaired) electrons. The molecule has 0 spiro atoms. The molecule has 0 heterocycles. The van der Waals surface area contributed by atoms with E-state index in [1.807, 2.05) is 32.0 Å². The van der Waals surface area contributed by atoms with E-state index in [0.717, 1.165) is 22.4 Å². The molecule has 2 aromatic rings. The number of hydrogen-bond acceptors (Lipinski definition) is 1. The summed E-state index contributed by atoms with van der Waals surface area (Å²) < 4.78 is 12.7. The van der Waals surface area contributed by atoms with Gasteiger partial charge in [-0.05, 0) is 60.9 Å². The molecule has 2 nitrogen and oxygen atoms in total. The lowest BCUT2D eigenvalue weighted by Gasteiger charge is -2.05. The van der Waals surface area contributed by atoms with E-state index in [1.165, 1.54) is 18.2 Å². The largest absolute Gasteiger partial charge is 0.322 e. The first kappa shape index (κ1) is 14.0. The second-order valence-electron chi connectivity index (χ2n) is 4.75. The lowest BCUT2D eigenvalue weighted by atomic mass is 10.1. The molecule has 3 heteroatoms. The highest BCUT2D eigenvalue weighted by Gasteiger charge is 1.99. The Kier molecular flexibility index (Phi) is 4.31. The normalized spacial score (nSPS) is 10.8. The van der Waals surface area contributed by atoms with E-state index in [9.17, 15) is 9.18 Å². The number of carbonyl (C=O) groups is 1. The summed E-state index contributed by atoms with van der Waals surface area (Å²) in [6.07, 6.45) is 3.09. The molecule has 0 aliphatic heterocycles. The van der Waals surface area contributed by atoms with Gasteiger partial charge in [0.15, 0.2) is 0 Å². The van der Waals surface area contributed by atoms with Crippen LogP contribution in [0.1, 0.15) is 16.7 Å². The Morgan fingerprint density at radius 1 is 1.05 bits per heavy atom. The third-order valence-corrected chi connectivity index (χ3v) is 2.79.